The van der Waals surface area contributed by atoms with Gasteiger partial charge in [0.05, 0.1) is 5.52 Å². The Bertz CT molecular complexity index is 1140. The molecule has 31 heavy (non-hydrogen) atoms. The van der Waals surface area contributed by atoms with Gasteiger partial charge in [0.15, 0.2) is 0 Å². The third-order valence-corrected chi connectivity index (χ3v) is 5.73. The lowest BCUT2D eigenvalue weighted by atomic mass is 10.0. The summed E-state index contributed by atoms with van der Waals surface area (Å²) in [5.41, 5.74) is 3.35. The Morgan fingerprint density at radius 1 is 0.839 bits per heavy atom. The lowest BCUT2D eigenvalue weighted by molar-refractivity contribution is 0.211. The molecule has 156 valence electrons. The standard InChI is InChI=1S/C25H26N6/c1-2-5-19(6-3-1)17-31-13-10-21(11-14-31)29-24-16-25(28-18-27-24)30-22-8-9-23-20(15-22)7-4-12-26-23/h1-9,12,15-16,18,21H,10-11,13-14,17H2,(H2,27,28,29,30). The molecule has 1 aliphatic rings. The van der Waals surface area contributed by atoms with Crippen molar-refractivity contribution in [2.75, 3.05) is 23.7 Å². The Kier molecular flexibility index (Phi) is 5.71. The van der Waals surface area contributed by atoms with Crippen molar-refractivity contribution in [2.45, 2.75) is 25.4 Å². The highest BCUT2D eigenvalue weighted by Gasteiger charge is 2.19. The normalized spacial score (nSPS) is 15.1. The number of hydrogen-bond donors (Lipinski definition) is 2. The van der Waals surface area contributed by atoms with E-state index in [4.69, 9.17) is 0 Å². The summed E-state index contributed by atoms with van der Waals surface area (Å²) in [5, 5.41) is 8.07. The van der Waals surface area contributed by atoms with E-state index in [1.807, 2.05) is 30.5 Å². The Hall–Kier alpha value is -3.51. The lowest BCUT2D eigenvalue weighted by Crippen LogP contribution is -2.38. The van der Waals surface area contributed by atoms with E-state index in [0.717, 1.165) is 60.7 Å². The minimum absolute atomic E-state index is 0.432. The molecule has 1 fully saturated rings. The van der Waals surface area contributed by atoms with Crippen molar-refractivity contribution in [2.24, 2.45) is 0 Å². The van der Waals surface area contributed by atoms with E-state index in [1.54, 1.807) is 6.33 Å². The predicted molar refractivity (Wildman–Crippen MR) is 125 cm³/mol. The van der Waals surface area contributed by atoms with Crippen molar-refractivity contribution in [1.29, 1.82) is 0 Å². The van der Waals surface area contributed by atoms with Gasteiger partial charge in [0.1, 0.15) is 18.0 Å². The Morgan fingerprint density at radius 3 is 2.55 bits per heavy atom. The SMILES string of the molecule is c1ccc(CN2CCC(Nc3cc(Nc4ccc5ncccc5c4)ncn3)CC2)cc1. The highest BCUT2D eigenvalue weighted by atomic mass is 15.2. The van der Waals surface area contributed by atoms with E-state index in [2.05, 4.69) is 72.9 Å². The second kappa shape index (κ2) is 9.10. The summed E-state index contributed by atoms with van der Waals surface area (Å²) in [5.74, 6) is 1.64. The van der Waals surface area contributed by atoms with Crippen LogP contribution in [0.2, 0.25) is 0 Å². The minimum Gasteiger partial charge on any atom is -0.367 e. The van der Waals surface area contributed by atoms with Gasteiger partial charge in [-0.2, -0.15) is 0 Å². The van der Waals surface area contributed by atoms with Crippen LogP contribution in [0.4, 0.5) is 17.3 Å². The molecule has 2 aromatic carbocycles. The minimum atomic E-state index is 0.432. The number of benzene rings is 2. The zero-order valence-corrected chi connectivity index (χ0v) is 17.4. The molecule has 0 atom stereocenters. The molecule has 0 radical (unpaired) electrons. The monoisotopic (exact) mass is 410 g/mol. The largest absolute Gasteiger partial charge is 0.367 e. The summed E-state index contributed by atoms with van der Waals surface area (Å²) in [6.07, 6.45) is 5.64. The van der Waals surface area contributed by atoms with Crippen LogP contribution in [0.15, 0.2) is 79.3 Å². The molecule has 6 nitrogen and oxygen atoms in total. The molecular formula is C25H26N6. The van der Waals surface area contributed by atoms with Crippen molar-refractivity contribution in [3.8, 4) is 0 Å². The van der Waals surface area contributed by atoms with E-state index in [-0.39, 0.29) is 0 Å². The third kappa shape index (κ3) is 4.98. The first-order chi connectivity index (χ1) is 15.3. The van der Waals surface area contributed by atoms with Gasteiger partial charge in [-0.05, 0) is 42.7 Å². The van der Waals surface area contributed by atoms with E-state index in [0.29, 0.717) is 6.04 Å². The average Bonchev–Trinajstić information content (AvgIpc) is 2.81. The first-order valence-corrected chi connectivity index (χ1v) is 10.8. The van der Waals surface area contributed by atoms with Crippen molar-refractivity contribution in [3.05, 3.63) is 84.8 Å². The van der Waals surface area contributed by atoms with Gasteiger partial charge in [-0.1, -0.05) is 36.4 Å². The van der Waals surface area contributed by atoms with Crippen molar-refractivity contribution in [1.82, 2.24) is 19.9 Å². The fraction of sp³-hybridized carbons (Fsp3) is 0.240. The Balaban J connectivity index is 1.18. The molecule has 2 aromatic heterocycles. The van der Waals surface area contributed by atoms with Crippen LogP contribution in [-0.4, -0.2) is 39.0 Å². The summed E-state index contributed by atoms with van der Waals surface area (Å²) in [6.45, 7) is 3.21. The van der Waals surface area contributed by atoms with E-state index in [1.165, 1.54) is 5.56 Å². The maximum absolute atomic E-state index is 4.43. The first kappa shape index (κ1) is 19.5. The summed E-state index contributed by atoms with van der Waals surface area (Å²) in [6, 6.07) is 23.2. The second-order valence-electron chi connectivity index (χ2n) is 8.00. The summed E-state index contributed by atoms with van der Waals surface area (Å²) in [4.78, 5) is 15.7. The molecule has 0 aliphatic carbocycles. The quantitative estimate of drug-likeness (QED) is 0.474. The number of hydrogen-bond acceptors (Lipinski definition) is 6. The van der Waals surface area contributed by atoms with E-state index in [9.17, 15) is 0 Å². The van der Waals surface area contributed by atoms with E-state index < -0.39 is 0 Å². The van der Waals surface area contributed by atoms with Crippen molar-refractivity contribution in [3.63, 3.8) is 0 Å². The number of nitrogens with one attached hydrogen (secondary N) is 2. The molecule has 0 bridgehead atoms. The Morgan fingerprint density at radius 2 is 1.68 bits per heavy atom. The van der Waals surface area contributed by atoms with Crippen LogP contribution >= 0.6 is 0 Å². The lowest BCUT2D eigenvalue weighted by Gasteiger charge is -2.32. The zero-order chi connectivity index (χ0) is 20.9. The van der Waals surface area contributed by atoms with Crippen LogP contribution in [0.25, 0.3) is 10.9 Å². The van der Waals surface area contributed by atoms with Gasteiger partial charge in [-0.3, -0.25) is 9.88 Å². The van der Waals surface area contributed by atoms with Crippen molar-refractivity contribution >= 4 is 28.2 Å². The molecule has 0 spiro atoms. The molecule has 5 rings (SSSR count). The third-order valence-electron chi connectivity index (χ3n) is 5.73. The summed E-state index contributed by atoms with van der Waals surface area (Å²) >= 11 is 0. The van der Waals surface area contributed by atoms with Gasteiger partial charge in [-0.15, -0.1) is 0 Å². The van der Waals surface area contributed by atoms with Crippen LogP contribution in [0.1, 0.15) is 18.4 Å². The molecule has 2 N–H and O–H groups in total. The second-order valence-corrected chi connectivity index (χ2v) is 8.00. The van der Waals surface area contributed by atoms with Gasteiger partial charge in [-0.25, -0.2) is 9.97 Å². The van der Waals surface area contributed by atoms with Gasteiger partial charge in [0.2, 0.25) is 0 Å². The first-order valence-electron chi connectivity index (χ1n) is 10.8. The maximum atomic E-state index is 4.43. The number of fused-ring (bicyclic) bond motifs is 1. The summed E-state index contributed by atoms with van der Waals surface area (Å²) < 4.78 is 0. The van der Waals surface area contributed by atoms with Gasteiger partial charge < -0.3 is 10.6 Å². The number of piperidine rings is 1. The Labute approximate surface area is 182 Å². The molecule has 0 saturated carbocycles. The topological polar surface area (TPSA) is 66.0 Å². The van der Waals surface area contributed by atoms with Gasteiger partial charge >= 0.3 is 0 Å². The molecule has 3 heterocycles. The number of nitrogens with zero attached hydrogens (tertiary/aromatic N) is 4. The van der Waals surface area contributed by atoms with Crippen LogP contribution in [0.5, 0.6) is 0 Å². The summed E-state index contributed by atoms with van der Waals surface area (Å²) in [7, 11) is 0. The molecule has 1 saturated heterocycles. The molecule has 6 heteroatoms. The number of rotatable bonds is 6. The predicted octanol–water partition coefficient (Wildman–Crippen LogP) is 4.84. The maximum Gasteiger partial charge on any atom is 0.135 e. The molecule has 4 aromatic rings. The molecule has 0 amide bonds. The molecule has 0 unspecified atom stereocenters. The number of anilines is 3. The number of aromatic nitrogens is 3. The van der Waals surface area contributed by atoms with Crippen LogP contribution in [0.3, 0.4) is 0 Å². The molecular weight excluding hydrogens is 384 g/mol. The number of pyridine rings is 1. The average molecular weight is 411 g/mol. The van der Waals surface area contributed by atoms with Crippen LogP contribution in [-0.2, 0) is 6.54 Å². The highest BCUT2D eigenvalue weighted by molar-refractivity contribution is 5.83. The van der Waals surface area contributed by atoms with Crippen LogP contribution in [0, 0.1) is 0 Å². The van der Waals surface area contributed by atoms with E-state index >= 15 is 0 Å². The highest BCUT2D eigenvalue weighted by Crippen LogP contribution is 2.22. The molecule has 1 aliphatic heterocycles. The van der Waals surface area contributed by atoms with Gasteiger partial charge in [0.25, 0.3) is 0 Å². The smallest absolute Gasteiger partial charge is 0.135 e. The van der Waals surface area contributed by atoms with Crippen LogP contribution < -0.4 is 10.6 Å². The fourth-order valence-corrected chi connectivity index (χ4v) is 4.09. The van der Waals surface area contributed by atoms with Gasteiger partial charge in [0, 0.05) is 49.0 Å². The number of likely N-dealkylation sites (tertiary alicyclic amines) is 1. The fourth-order valence-electron chi connectivity index (χ4n) is 4.09. The zero-order valence-electron chi connectivity index (χ0n) is 17.4. The van der Waals surface area contributed by atoms with Crippen molar-refractivity contribution < 1.29 is 0 Å².